The van der Waals surface area contributed by atoms with E-state index in [1.165, 1.54) is 0 Å². The lowest BCUT2D eigenvalue weighted by Gasteiger charge is -1.80. The van der Waals surface area contributed by atoms with E-state index in [-0.39, 0.29) is 12.3 Å². The molecule has 0 aromatic heterocycles. The molecule has 4 heteroatoms. The normalized spacial score (nSPS) is 7.62. The molecule has 0 bridgehead atoms. The van der Waals surface area contributed by atoms with Crippen molar-refractivity contribution in [2.75, 3.05) is 5.88 Å². The van der Waals surface area contributed by atoms with Crippen LogP contribution in [0.1, 0.15) is 6.42 Å². The van der Waals surface area contributed by atoms with E-state index in [1.807, 2.05) is 5.16 Å². The molecule has 0 rings (SSSR count). The fourth-order valence-electron chi connectivity index (χ4n) is 0.188. The van der Waals surface area contributed by atoms with Crippen molar-refractivity contribution in [2.45, 2.75) is 6.42 Å². The number of hydrogen-bond acceptors (Lipinski definition) is 2. The molecule has 0 aliphatic rings. The summed E-state index contributed by atoms with van der Waals surface area (Å²) in [7, 11) is 0. The smallest absolute Gasteiger partial charge is 0.255 e. The highest BCUT2D eigenvalue weighted by molar-refractivity contribution is 7.78. The van der Waals surface area contributed by atoms with Crippen molar-refractivity contribution in [1.29, 1.82) is 0 Å². The Balaban J connectivity index is 3.49. The van der Waals surface area contributed by atoms with Crippen LogP contribution in [0.15, 0.2) is 4.99 Å². The van der Waals surface area contributed by atoms with E-state index in [4.69, 9.17) is 11.6 Å². The SMILES string of the molecule is O=C(CCCl)N=C=S. The van der Waals surface area contributed by atoms with E-state index in [1.54, 1.807) is 0 Å². The van der Waals surface area contributed by atoms with Gasteiger partial charge >= 0.3 is 0 Å². The average Bonchev–Trinajstić information content (AvgIpc) is 1.68. The fourth-order valence-corrected chi connectivity index (χ4v) is 0.451. The third-order valence-electron chi connectivity index (χ3n) is 0.479. The van der Waals surface area contributed by atoms with Crippen molar-refractivity contribution < 1.29 is 4.79 Å². The Morgan fingerprint density at radius 2 is 2.50 bits per heavy atom. The van der Waals surface area contributed by atoms with Crippen molar-refractivity contribution in [2.24, 2.45) is 4.99 Å². The number of aliphatic imine (C=N–C) groups is 1. The van der Waals surface area contributed by atoms with Gasteiger partial charge in [-0.15, -0.1) is 11.6 Å². The summed E-state index contributed by atoms with van der Waals surface area (Å²) in [6.07, 6.45) is 0.241. The third-order valence-corrected chi connectivity index (χ3v) is 0.759. The second-order valence-electron chi connectivity index (χ2n) is 1.04. The van der Waals surface area contributed by atoms with Crippen molar-refractivity contribution in [1.82, 2.24) is 0 Å². The summed E-state index contributed by atoms with van der Waals surface area (Å²) >= 11 is 9.35. The number of nitrogens with zero attached hydrogens (tertiary/aromatic N) is 1. The molecule has 0 aromatic carbocycles. The van der Waals surface area contributed by atoms with Crippen LogP contribution < -0.4 is 0 Å². The van der Waals surface area contributed by atoms with E-state index in [0.717, 1.165) is 0 Å². The summed E-state index contributed by atoms with van der Waals surface area (Å²) in [5.74, 6) is -0.0192. The molecule has 0 saturated heterocycles. The van der Waals surface area contributed by atoms with Crippen LogP contribution in [0.25, 0.3) is 0 Å². The molecule has 0 spiro atoms. The molecule has 0 aliphatic heterocycles. The maximum Gasteiger partial charge on any atom is 0.255 e. The quantitative estimate of drug-likeness (QED) is 0.336. The first-order valence-electron chi connectivity index (χ1n) is 1.98. The molecule has 44 valence electrons. The first-order chi connectivity index (χ1) is 3.81. The highest BCUT2D eigenvalue weighted by atomic mass is 35.5. The van der Waals surface area contributed by atoms with Gasteiger partial charge in [0.15, 0.2) is 0 Å². The molecule has 0 radical (unpaired) electrons. The number of hydrogen-bond donors (Lipinski definition) is 0. The molecule has 1 amide bonds. The first kappa shape index (κ1) is 7.76. The van der Waals surface area contributed by atoms with Crippen LogP contribution in [0, 0.1) is 0 Å². The van der Waals surface area contributed by atoms with Crippen LogP contribution in [0.4, 0.5) is 0 Å². The van der Waals surface area contributed by atoms with Gasteiger partial charge in [0.25, 0.3) is 5.91 Å². The van der Waals surface area contributed by atoms with Gasteiger partial charge in [0.2, 0.25) is 0 Å². The highest BCUT2D eigenvalue weighted by Gasteiger charge is 1.92. The topological polar surface area (TPSA) is 29.4 Å². The zero-order chi connectivity index (χ0) is 6.41. The molecular weight excluding hydrogens is 146 g/mol. The summed E-state index contributed by atoms with van der Waals surface area (Å²) in [6.45, 7) is 0. The van der Waals surface area contributed by atoms with Crippen LogP contribution in [0.5, 0.6) is 0 Å². The lowest BCUT2D eigenvalue weighted by Crippen LogP contribution is -1.91. The molecule has 0 N–H and O–H groups in total. The maximum absolute atomic E-state index is 10.3. The summed E-state index contributed by atoms with van der Waals surface area (Å²) in [6, 6.07) is 0. The second-order valence-corrected chi connectivity index (χ2v) is 1.60. The number of rotatable bonds is 2. The lowest BCUT2D eigenvalue weighted by atomic mass is 10.5. The number of carbonyl (C=O) groups is 1. The largest absolute Gasteiger partial charge is 0.272 e. The monoisotopic (exact) mass is 149 g/mol. The Kier molecular flexibility index (Phi) is 4.76. The van der Waals surface area contributed by atoms with Gasteiger partial charge in [-0.25, -0.2) is 0 Å². The molecule has 0 saturated carbocycles. The average molecular weight is 150 g/mol. The van der Waals surface area contributed by atoms with Gasteiger partial charge in [0, 0.05) is 12.3 Å². The van der Waals surface area contributed by atoms with Gasteiger partial charge in [-0.2, -0.15) is 4.99 Å². The summed E-state index contributed by atoms with van der Waals surface area (Å²) in [5, 5.41) is 1.95. The van der Waals surface area contributed by atoms with Crippen molar-refractivity contribution in [3.05, 3.63) is 0 Å². The first-order valence-corrected chi connectivity index (χ1v) is 2.92. The number of amides is 1. The van der Waals surface area contributed by atoms with Gasteiger partial charge in [-0.3, -0.25) is 4.79 Å². The highest BCUT2D eigenvalue weighted by Crippen LogP contribution is 1.85. The minimum Gasteiger partial charge on any atom is -0.272 e. The zero-order valence-corrected chi connectivity index (χ0v) is 5.63. The molecule has 0 aliphatic carbocycles. The van der Waals surface area contributed by atoms with Crippen molar-refractivity contribution in [3.63, 3.8) is 0 Å². The van der Waals surface area contributed by atoms with Crippen molar-refractivity contribution >= 4 is 34.9 Å². The molecule has 8 heavy (non-hydrogen) atoms. The number of halogens is 1. The predicted octanol–water partition coefficient (Wildman–Crippen LogP) is 1.24. The predicted molar refractivity (Wildman–Crippen MR) is 35.4 cm³/mol. The fraction of sp³-hybridized carbons (Fsp3) is 0.500. The van der Waals surface area contributed by atoms with Crippen LogP contribution in [0.3, 0.4) is 0 Å². The lowest BCUT2D eigenvalue weighted by molar-refractivity contribution is -0.117. The van der Waals surface area contributed by atoms with E-state index >= 15 is 0 Å². The minimum atomic E-state index is -0.310. The van der Waals surface area contributed by atoms with E-state index in [2.05, 4.69) is 17.2 Å². The van der Waals surface area contributed by atoms with Gasteiger partial charge < -0.3 is 0 Å². The van der Waals surface area contributed by atoms with Crippen LogP contribution in [-0.4, -0.2) is 16.9 Å². The number of isothiocyanates is 1. The summed E-state index contributed by atoms with van der Waals surface area (Å²) < 4.78 is 0. The maximum atomic E-state index is 10.3. The number of alkyl halides is 1. The summed E-state index contributed by atoms with van der Waals surface area (Å²) in [4.78, 5) is 13.4. The standard InChI is InChI=1S/C4H4ClNOS/c5-2-1-4(7)6-3-8/h1-2H2. The molecule has 0 fully saturated rings. The Morgan fingerprint density at radius 3 is 2.88 bits per heavy atom. The number of thiocarbonyl (C=S) groups is 1. The van der Waals surface area contributed by atoms with Gasteiger partial charge in [-0.1, -0.05) is 0 Å². The van der Waals surface area contributed by atoms with E-state index < -0.39 is 0 Å². The van der Waals surface area contributed by atoms with Crippen LogP contribution in [-0.2, 0) is 4.79 Å². The van der Waals surface area contributed by atoms with Crippen LogP contribution in [0.2, 0.25) is 0 Å². The molecule has 0 atom stereocenters. The molecule has 0 heterocycles. The van der Waals surface area contributed by atoms with Gasteiger partial charge in [-0.05, 0) is 12.2 Å². The molecular formula is C4H4ClNOS. The molecule has 2 nitrogen and oxygen atoms in total. The third kappa shape index (κ3) is 3.93. The second kappa shape index (κ2) is 4.91. The van der Waals surface area contributed by atoms with Gasteiger partial charge in [0.1, 0.15) is 0 Å². The Labute approximate surface area is 57.6 Å². The van der Waals surface area contributed by atoms with E-state index in [9.17, 15) is 4.79 Å². The Hall–Kier alpha value is -0.240. The van der Waals surface area contributed by atoms with Gasteiger partial charge in [0.05, 0.1) is 5.16 Å². The Bertz CT molecular complexity index is 130. The molecule has 0 aromatic rings. The Morgan fingerprint density at radius 1 is 1.88 bits per heavy atom. The zero-order valence-electron chi connectivity index (χ0n) is 4.06. The van der Waals surface area contributed by atoms with Crippen LogP contribution >= 0.6 is 23.8 Å². The van der Waals surface area contributed by atoms with E-state index in [0.29, 0.717) is 5.88 Å². The summed E-state index contributed by atoms with van der Waals surface area (Å²) in [5.41, 5.74) is 0. The number of carbonyl (C=O) groups excluding carboxylic acids is 1. The minimum absolute atomic E-state index is 0.241. The van der Waals surface area contributed by atoms with Crippen molar-refractivity contribution in [3.8, 4) is 0 Å². The molecule has 0 unspecified atom stereocenters.